The molecule has 3 aliphatic rings. The van der Waals surface area contributed by atoms with Crippen LogP contribution in [0.2, 0.25) is 10.2 Å². The van der Waals surface area contributed by atoms with E-state index in [2.05, 4.69) is 66.6 Å². The Balaban J connectivity index is 0.000000219. The molecular weight excluding hydrogens is 894 g/mol. The molecule has 0 unspecified atom stereocenters. The van der Waals surface area contributed by atoms with E-state index in [1.165, 1.54) is 43.8 Å². The summed E-state index contributed by atoms with van der Waals surface area (Å²) in [7, 11) is 0. The number of anilines is 1. The summed E-state index contributed by atoms with van der Waals surface area (Å²) in [5.41, 5.74) is 8.09. The third-order valence-corrected chi connectivity index (χ3v) is 11.7. The molecule has 3 aliphatic heterocycles. The number of aldehydes is 1. The van der Waals surface area contributed by atoms with Crippen molar-refractivity contribution >= 4 is 98.9 Å². The fraction of sp³-hybridized carbons (Fsp3) is 0.431. The van der Waals surface area contributed by atoms with Crippen molar-refractivity contribution in [1.82, 2.24) is 24.7 Å². The van der Waals surface area contributed by atoms with Crippen LogP contribution in [0.3, 0.4) is 0 Å². The number of esters is 2. The van der Waals surface area contributed by atoms with Crippen LogP contribution in [-0.4, -0.2) is 88.9 Å². The average molecular weight is 959 g/mol. The molecule has 2 aromatic carbocycles. The number of rotatable bonds is 7. The predicted molar refractivity (Wildman–Crippen MR) is 275 cm³/mol. The molecule has 0 spiro atoms. The van der Waals surface area contributed by atoms with Crippen LogP contribution in [0.4, 0.5) is 11.4 Å². The van der Waals surface area contributed by atoms with Crippen LogP contribution in [0, 0.1) is 23.7 Å². The third-order valence-electron chi connectivity index (χ3n) is 11.1. The number of hydrogen-bond donors (Lipinski definition) is 2. The quantitative estimate of drug-likeness (QED) is 0.0688. The van der Waals surface area contributed by atoms with Gasteiger partial charge in [-0.05, 0) is 112 Å². The number of carbonyl (C=O) groups is 3. The average Bonchev–Trinajstić information content (AvgIpc) is 3.89. The summed E-state index contributed by atoms with van der Waals surface area (Å²) in [6.07, 6.45) is 9.31. The molecule has 9 rings (SSSR count). The molecule has 0 amide bonds. The molecule has 0 radical (unpaired) electrons. The van der Waals surface area contributed by atoms with Crippen LogP contribution >= 0.6 is 35.8 Å². The van der Waals surface area contributed by atoms with E-state index in [0.717, 1.165) is 70.5 Å². The highest BCUT2D eigenvalue weighted by Gasteiger charge is 2.26. The van der Waals surface area contributed by atoms with E-state index < -0.39 is 0 Å². The van der Waals surface area contributed by atoms with E-state index in [9.17, 15) is 14.4 Å². The lowest BCUT2D eigenvalue weighted by molar-refractivity contribution is -0.141. The zero-order valence-electron chi connectivity index (χ0n) is 38.4. The van der Waals surface area contributed by atoms with Gasteiger partial charge in [-0.25, -0.2) is 19.7 Å². The molecule has 2 saturated heterocycles. The van der Waals surface area contributed by atoms with Gasteiger partial charge in [-0.15, -0.1) is 0 Å². The summed E-state index contributed by atoms with van der Waals surface area (Å²) in [4.78, 5) is 54.3. The maximum Gasteiger partial charge on any atom is 0.341 e. The minimum atomic E-state index is -0.352. The largest absolute Gasteiger partial charge is 0.466 e. The van der Waals surface area contributed by atoms with Crippen LogP contribution in [0.15, 0.2) is 84.1 Å². The van der Waals surface area contributed by atoms with E-state index in [-0.39, 0.29) is 30.1 Å². The first-order chi connectivity index (χ1) is 31.4. The number of aliphatic imine (C=N–C) groups is 1. The molecule has 0 aliphatic carbocycles. The van der Waals surface area contributed by atoms with Gasteiger partial charge in [0.15, 0.2) is 11.9 Å². The van der Waals surface area contributed by atoms with Gasteiger partial charge < -0.3 is 19.7 Å². The van der Waals surface area contributed by atoms with Crippen molar-refractivity contribution in [3.63, 3.8) is 0 Å². The maximum absolute atomic E-state index is 12.9. The second-order valence-corrected chi connectivity index (χ2v) is 17.4. The van der Waals surface area contributed by atoms with Gasteiger partial charge in [0.25, 0.3) is 0 Å². The van der Waals surface area contributed by atoms with E-state index in [0.29, 0.717) is 54.0 Å². The first kappa shape index (κ1) is 53.5. The second-order valence-electron chi connectivity index (χ2n) is 16.6. The molecule has 354 valence electrons. The normalized spacial score (nSPS) is 18.3. The Morgan fingerprint density at radius 1 is 0.833 bits per heavy atom. The minimum Gasteiger partial charge on any atom is -0.466 e. The van der Waals surface area contributed by atoms with Gasteiger partial charge in [0.05, 0.1) is 46.9 Å². The van der Waals surface area contributed by atoms with E-state index >= 15 is 0 Å². The van der Waals surface area contributed by atoms with Crippen LogP contribution in [-0.2, 0) is 20.7 Å². The number of aromatic nitrogens is 4. The van der Waals surface area contributed by atoms with Crippen molar-refractivity contribution in [3.8, 4) is 0 Å². The highest BCUT2D eigenvalue weighted by Crippen LogP contribution is 2.34. The number of halogens is 2. The molecule has 0 saturated carbocycles. The smallest absolute Gasteiger partial charge is 0.341 e. The number of nitrogens with zero attached hydrogens (tertiary/aromatic N) is 6. The number of para-hydroxylation sites is 3. The number of pyridine rings is 3. The number of benzene rings is 2. The Morgan fingerprint density at radius 3 is 2.08 bits per heavy atom. The zero-order valence-corrected chi connectivity index (χ0v) is 40.8. The molecular formula is C51H65Cl2N7O5S. The first-order valence-electron chi connectivity index (χ1n) is 22.2. The standard InChI is InChI=1S/C24H26N4O2.C12H13NO2.C7H15N.C6H3Cl2NO.CH4S.CH4/c1-4-30-24(29)18-12-17-20(27-13-15(2)11-16(3)14-27)9-10-25-22(17)28-21-8-6-5-7-19(21)26-23(18)28;1-2-15-12(14)8-10-7-9-5-3-4-6-11(9)13-10;1-6-3-7(2)5-8-4-6;7-5-1-2-9-6(8)4(5)3-10;1-2;/h5-10,12,15-16H,4,11,13-14H2,1-3H3;3-6H,2,7-8H2,1H3;6-8H,3-5H2,1-2H3;1-3H;2H,1H3;1H4/t15-,16+;;6-,7+;;;. The molecule has 4 aromatic heterocycles. The second kappa shape index (κ2) is 26.3. The monoisotopic (exact) mass is 957 g/mol. The molecule has 6 aromatic rings. The highest BCUT2D eigenvalue weighted by molar-refractivity contribution is 7.79. The Morgan fingerprint density at radius 2 is 1.47 bits per heavy atom. The molecule has 7 heterocycles. The van der Waals surface area contributed by atoms with Crippen LogP contribution in [0.5, 0.6) is 0 Å². The van der Waals surface area contributed by atoms with Crippen LogP contribution < -0.4 is 10.2 Å². The van der Waals surface area contributed by atoms with Gasteiger partial charge in [-0.1, -0.05) is 88.7 Å². The third kappa shape index (κ3) is 14.0. The van der Waals surface area contributed by atoms with E-state index in [4.69, 9.17) is 42.6 Å². The van der Waals surface area contributed by atoms with Crippen LogP contribution in [0.25, 0.3) is 27.7 Å². The van der Waals surface area contributed by atoms with E-state index in [1.807, 2.05) is 79.0 Å². The topological polar surface area (TPSA) is 140 Å². The summed E-state index contributed by atoms with van der Waals surface area (Å²) in [5.74, 6) is 2.51. The molecule has 1 N–H and O–H groups in total. The SMILES string of the molecule is C.CCOC(=O)CC1=Nc2ccccc2C1.CCOC(=O)c1cc2c(N3C[C@H](C)C[C@H](C)C3)ccnc2n2c1nc1ccccc12.CS.C[C@@H]1CNC[C@H](C)C1.O=Cc1c(Cl)ccnc1Cl. The van der Waals surface area contributed by atoms with Crippen molar-refractivity contribution in [2.24, 2.45) is 28.7 Å². The van der Waals surface area contributed by atoms with Gasteiger partial charge in [0.1, 0.15) is 16.4 Å². The van der Waals surface area contributed by atoms with Gasteiger partial charge in [-0.3, -0.25) is 19.0 Å². The first-order valence-corrected chi connectivity index (χ1v) is 23.9. The Hall–Kier alpha value is -5.08. The maximum atomic E-state index is 12.9. The van der Waals surface area contributed by atoms with Gasteiger partial charge in [0.2, 0.25) is 0 Å². The zero-order chi connectivity index (χ0) is 47.0. The van der Waals surface area contributed by atoms with Crippen molar-refractivity contribution in [3.05, 3.63) is 106 Å². The number of thiol groups is 1. The fourth-order valence-corrected chi connectivity index (χ4v) is 8.98. The molecule has 15 heteroatoms. The Kier molecular flexibility index (Phi) is 21.3. The van der Waals surface area contributed by atoms with Crippen molar-refractivity contribution in [2.75, 3.05) is 50.5 Å². The predicted octanol–water partition coefficient (Wildman–Crippen LogP) is 11.6. The van der Waals surface area contributed by atoms with E-state index in [1.54, 1.807) is 6.26 Å². The number of fused-ring (bicyclic) bond motifs is 6. The number of carbonyl (C=O) groups excluding carboxylic acids is 3. The molecule has 12 nitrogen and oxygen atoms in total. The fourth-order valence-electron chi connectivity index (χ4n) is 8.53. The summed E-state index contributed by atoms with van der Waals surface area (Å²) in [6.45, 7) is 18.1. The number of imidazole rings is 1. The highest BCUT2D eigenvalue weighted by atomic mass is 35.5. The van der Waals surface area contributed by atoms with Crippen molar-refractivity contribution in [1.29, 1.82) is 0 Å². The van der Waals surface area contributed by atoms with Gasteiger partial charge in [0, 0.05) is 48.7 Å². The molecule has 0 bridgehead atoms. The number of piperidine rings is 2. The minimum absolute atomic E-state index is 0. The number of hydrogen-bond acceptors (Lipinski definition) is 12. The molecule has 66 heavy (non-hydrogen) atoms. The summed E-state index contributed by atoms with van der Waals surface area (Å²) >= 11 is 14.6. The van der Waals surface area contributed by atoms with Crippen molar-refractivity contribution < 1.29 is 23.9 Å². The molecule has 4 atom stereocenters. The summed E-state index contributed by atoms with van der Waals surface area (Å²) in [5, 5.41) is 4.81. The lowest BCUT2D eigenvalue weighted by Crippen LogP contribution is -2.38. The molecule has 2 fully saturated rings. The van der Waals surface area contributed by atoms with Crippen molar-refractivity contribution in [2.45, 2.75) is 74.7 Å². The lowest BCUT2D eigenvalue weighted by atomic mass is 9.91. The van der Waals surface area contributed by atoms with Gasteiger partial charge >= 0.3 is 11.9 Å². The van der Waals surface area contributed by atoms with Gasteiger partial charge in [-0.2, -0.15) is 12.6 Å². The lowest BCUT2D eigenvalue weighted by Gasteiger charge is -2.37. The van der Waals surface area contributed by atoms with Crippen LogP contribution in [0.1, 0.15) is 94.5 Å². The Labute approximate surface area is 405 Å². The Bertz CT molecular complexity index is 2550. The number of nitrogens with one attached hydrogen (secondary N) is 1. The number of ether oxygens (including phenoxy) is 2. The summed E-state index contributed by atoms with van der Waals surface area (Å²) < 4.78 is 12.3. The summed E-state index contributed by atoms with van der Waals surface area (Å²) in [6, 6.07) is 21.4.